The number of halogens is 2. The van der Waals surface area contributed by atoms with Crippen molar-refractivity contribution in [3.8, 4) is 17.2 Å². The zero-order chi connectivity index (χ0) is 15.9. The Kier molecular flexibility index (Phi) is 4.01. The van der Waals surface area contributed by atoms with E-state index in [4.69, 9.17) is 16.3 Å². The van der Waals surface area contributed by atoms with Crippen molar-refractivity contribution < 1.29 is 9.84 Å². The number of aromatic amines is 1. The summed E-state index contributed by atoms with van der Waals surface area (Å²) < 4.78 is 6.39. The zero-order valence-corrected chi connectivity index (χ0v) is 14.4. The van der Waals surface area contributed by atoms with Crippen LogP contribution in [-0.4, -0.2) is 10.1 Å². The number of hydrogen-bond acceptors (Lipinski definition) is 3. The number of fused-ring (bicyclic) bond motifs is 1. The van der Waals surface area contributed by atoms with Gasteiger partial charge in [-0.25, -0.2) is 0 Å². The van der Waals surface area contributed by atoms with E-state index in [-0.39, 0.29) is 11.5 Å². The van der Waals surface area contributed by atoms with Crippen molar-refractivity contribution in [2.24, 2.45) is 0 Å². The van der Waals surface area contributed by atoms with Crippen molar-refractivity contribution in [3.05, 3.63) is 60.9 Å². The van der Waals surface area contributed by atoms with E-state index in [9.17, 15) is 9.90 Å². The first-order valence-corrected chi connectivity index (χ1v) is 7.90. The molecule has 0 fully saturated rings. The van der Waals surface area contributed by atoms with Gasteiger partial charge in [-0.05, 0) is 53.3 Å². The minimum absolute atomic E-state index is 0.125. The summed E-state index contributed by atoms with van der Waals surface area (Å²) in [4.78, 5) is 14.9. The first-order valence-electron chi connectivity index (χ1n) is 6.45. The van der Waals surface area contributed by atoms with E-state index >= 15 is 0 Å². The van der Waals surface area contributed by atoms with Gasteiger partial charge in [0.05, 0.1) is 10.5 Å². The molecule has 0 unspecified atom stereocenters. The molecule has 0 saturated heterocycles. The molecule has 2 aromatic carbocycles. The minimum atomic E-state index is -0.509. The second-order valence-corrected chi connectivity index (χ2v) is 6.38. The molecule has 0 aliphatic rings. The Hall–Kier alpha value is -1.73. The largest absolute Gasteiger partial charge is 0.504 e. The van der Waals surface area contributed by atoms with Crippen molar-refractivity contribution in [2.75, 3.05) is 0 Å². The predicted molar refractivity (Wildman–Crippen MR) is 95.2 cm³/mol. The number of nitrogens with one attached hydrogen (secondary N) is 1. The molecule has 3 rings (SSSR count). The molecule has 3 aromatic rings. The highest BCUT2D eigenvalue weighted by Crippen LogP contribution is 2.36. The highest BCUT2D eigenvalue weighted by atomic mass is 127. The Morgan fingerprint density at radius 3 is 2.73 bits per heavy atom. The fourth-order valence-corrected chi connectivity index (χ4v) is 2.76. The van der Waals surface area contributed by atoms with Crippen molar-refractivity contribution in [3.63, 3.8) is 0 Å². The molecule has 4 nitrogen and oxygen atoms in total. The topological polar surface area (TPSA) is 62.3 Å². The van der Waals surface area contributed by atoms with Crippen molar-refractivity contribution in [1.29, 1.82) is 0 Å². The van der Waals surface area contributed by atoms with Crippen molar-refractivity contribution >= 4 is 45.1 Å². The van der Waals surface area contributed by atoms with E-state index in [1.165, 1.54) is 0 Å². The van der Waals surface area contributed by atoms with Gasteiger partial charge in [0.2, 0.25) is 5.75 Å². The third kappa shape index (κ3) is 2.66. The van der Waals surface area contributed by atoms with Gasteiger partial charge < -0.3 is 14.8 Å². The van der Waals surface area contributed by atoms with Crippen molar-refractivity contribution in [1.82, 2.24) is 4.98 Å². The average molecular weight is 428 g/mol. The maximum absolute atomic E-state index is 12.2. The van der Waals surface area contributed by atoms with Gasteiger partial charge in [0, 0.05) is 8.96 Å². The molecular formula is C16H11ClINO3. The Morgan fingerprint density at radius 1 is 1.27 bits per heavy atom. The molecule has 22 heavy (non-hydrogen) atoms. The Labute approximate surface area is 144 Å². The van der Waals surface area contributed by atoms with Crippen LogP contribution < -0.4 is 10.3 Å². The second kappa shape index (κ2) is 5.81. The van der Waals surface area contributed by atoms with Gasteiger partial charge in [0.25, 0.3) is 5.56 Å². The molecule has 0 spiro atoms. The highest BCUT2D eigenvalue weighted by Gasteiger charge is 2.16. The molecule has 0 saturated carbocycles. The normalized spacial score (nSPS) is 10.9. The van der Waals surface area contributed by atoms with Gasteiger partial charge >= 0.3 is 0 Å². The Morgan fingerprint density at radius 2 is 2.00 bits per heavy atom. The number of H-pyrrole nitrogens is 1. The van der Waals surface area contributed by atoms with Crippen LogP contribution in [0, 0.1) is 10.5 Å². The van der Waals surface area contributed by atoms with E-state index in [2.05, 4.69) is 27.6 Å². The van der Waals surface area contributed by atoms with Gasteiger partial charge in [-0.1, -0.05) is 29.8 Å². The lowest BCUT2D eigenvalue weighted by Crippen LogP contribution is -2.09. The first kappa shape index (κ1) is 15.2. The summed E-state index contributed by atoms with van der Waals surface area (Å²) in [5.74, 6) is 0.197. The molecule has 1 heterocycles. The van der Waals surface area contributed by atoms with Crippen LogP contribution in [0.4, 0.5) is 0 Å². The number of hydrogen-bond donors (Lipinski definition) is 2. The molecule has 0 bridgehead atoms. The summed E-state index contributed by atoms with van der Waals surface area (Å²) in [6, 6.07) is 10.6. The summed E-state index contributed by atoms with van der Waals surface area (Å²) in [5, 5.41) is 11.4. The molecule has 2 N–H and O–H groups in total. The number of rotatable bonds is 2. The van der Waals surface area contributed by atoms with E-state index in [0.717, 1.165) is 9.13 Å². The van der Waals surface area contributed by atoms with Crippen LogP contribution in [0.15, 0.2) is 41.2 Å². The number of benzene rings is 2. The predicted octanol–water partition coefficient (Wildman–Crippen LogP) is 4.59. The molecule has 6 heteroatoms. The minimum Gasteiger partial charge on any atom is -0.504 e. The molecule has 0 aliphatic heterocycles. The van der Waals surface area contributed by atoms with E-state index in [1.54, 1.807) is 24.3 Å². The number of aromatic nitrogens is 1. The fourth-order valence-electron chi connectivity index (χ4n) is 2.13. The second-order valence-electron chi connectivity index (χ2n) is 4.81. The van der Waals surface area contributed by atoms with Crippen molar-refractivity contribution in [2.45, 2.75) is 6.92 Å². The molecule has 0 atom stereocenters. The number of aromatic hydroxyl groups is 1. The summed E-state index contributed by atoms with van der Waals surface area (Å²) in [5.41, 5.74) is 0.822. The molecule has 1 aromatic heterocycles. The lowest BCUT2D eigenvalue weighted by molar-refractivity contribution is 0.409. The van der Waals surface area contributed by atoms with Crippen LogP contribution >= 0.6 is 34.2 Å². The lowest BCUT2D eigenvalue weighted by Gasteiger charge is -2.11. The smallest absolute Gasteiger partial charge is 0.295 e. The molecular weight excluding hydrogens is 417 g/mol. The lowest BCUT2D eigenvalue weighted by atomic mass is 10.2. The molecule has 0 radical (unpaired) electrons. The van der Waals surface area contributed by atoms with Crippen LogP contribution in [0.25, 0.3) is 10.9 Å². The van der Waals surface area contributed by atoms with Crippen LogP contribution in [0.2, 0.25) is 5.02 Å². The number of para-hydroxylation sites is 1. The van der Waals surface area contributed by atoms with Gasteiger partial charge in [-0.15, -0.1) is 0 Å². The summed E-state index contributed by atoms with van der Waals surface area (Å²) in [7, 11) is 0. The summed E-state index contributed by atoms with van der Waals surface area (Å²) >= 11 is 8.10. The molecule has 0 aliphatic carbocycles. The van der Waals surface area contributed by atoms with Crippen LogP contribution in [0.5, 0.6) is 17.2 Å². The van der Waals surface area contributed by atoms with Gasteiger partial charge in [-0.2, -0.15) is 0 Å². The van der Waals surface area contributed by atoms with Gasteiger partial charge in [-0.3, -0.25) is 4.79 Å². The monoisotopic (exact) mass is 427 g/mol. The maximum Gasteiger partial charge on any atom is 0.295 e. The van der Waals surface area contributed by atoms with Crippen LogP contribution in [0.1, 0.15) is 5.56 Å². The van der Waals surface area contributed by atoms with E-state index < -0.39 is 5.56 Å². The highest BCUT2D eigenvalue weighted by molar-refractivity contribution is 14.1. The number of ether oxygens (including phenoxy) is 1. The average Bonchev–Trinajstić information content (AvgIpc) is 2.48. The van der Waals surface area contributed by atoms with Crippen LogP contribution in [0.3, 0.4) is 0 Å². The SMILES string of the molecule is Cc1ccccc1Oc1c(O)c2cc(I)c(Cl)cc2[nH]c1=O. The molecule has 0 amide bonds. The third-order valence-corrected chi connectivity index (χ3v) is 4.81. The van der Waals surface area contributed by atoms with Gasteiger partial charge in [0.15, 0.2) is 5.75 Å². The number of pyridine rings is 1. The van der Waals surface area contributed by atoms with Gasteiger partial charge in [0.1, 0.15) is 5.75 Å². The standard InChI is InChI=1S/C16H11ClINO3/c1-8-4-2-3-5-13(8)22-15-14(20)9-6-11(18)10(17)7-12(9)19-16(15)21/h2-7H,1H3,(H2,19,20,21). The maximum atomic E-state index is 12.2. The van der Waals surface area contributed by atoms with E-state index in [0.29, 0.717) is 21.7 Å². The quantitative estimate of drug-likeness (QED) is 0.588. The molecule has 112 valence electrons. The summed E-state index contributed by atoms with van der Waals surface area (Å²) in [6.45, 7) is 1.87. The van der Waals surface area contributed by atoms with E-state index in [1.807, 2.05) is 19.1 Å². The van der Waals surface area contributed by atoms with Crippen LogP contribution in [-0.2, 0) is 0 Å². The third-order valence-electron chi connectivity index (χ3n) is 3.29. The fraction of sp³-hybridized carbons (Fsp3) is 0.0625. The Bertz CT molecular complexity index is 937. The summed E-state index contributed by atoms with van der Waals surface area (Å²) in [6.07, 6.45) is 0. The number of aryl methyl sites for hydroxylation is 1. The Balaban J connectivity index is 2.20. The first-order chi connectivity index (χ1) is 10.5. The zero-order valence-electron chi connectivity index (χ0n) is 11.5.